The van der Waals surface area contributed by atoms with Crippen LogP contribution < -0.4 is 0 Å². The maximum absolute atomic E-state index is 9.08. The van der Waals surface area contributed by atoms with Crippen molar-refractivity contribution in [2.24, 2.45) is 0 Å². The summed E-state index contributed by atoms with van der Waals surface area (Å²) in [6, 6.07) is 6.47. The molecule has 0 atom stereocenters. The maximum Gasteiger partial charge on any atom is 0.0319 e. The van der Waals surface area contributed by atoms with Crippen molar-refractivity contribution in [2.45, 2.75) is 27.7 Å². The Kier molecular flexibility index (Phi) is 17.4. The molecule has 0 fully saturated rings. The second kappa shape index (κ2) is 12.7. The zero-order chi connectivity index (χ0) is 10.9. The molecule has 0 bridgehead atoms. The number of aryl methyl sites for hydroxylation is 2. The summed E-state index contributed by atoms with van der Waals surface area (Å²) < 4.78 is 0. The smallest absolute Gasteiger partial charge is 0.0319 e. The van der Waals surface area contributed by atoms with Gasteiger partial charge in [0, 0.05) is 33.9 Å². The maximum atomic E-state index is 9.08. The number of aromatic hydroxyl groups is 1. The molecule has 0 aromatic heterocycles. The molecule has 2 N–H and O–H groups in total. The normalized spacial score (nSPS) is 7.00. The van der Waals surface area contributed by atoms with Gasteiger partial charge in [-0.3, -0.25) is 0 Å². The molecule has 0 aliphatic carbocycles. The van der Waals surface area contributed by atoms with Gasteiger partial charge >= 0.3 is 0 Å². The zero-order valence-electron chi connectivity index (χ0n) is 9.46. The first-order valence-corrected chi connectivity index (χ1v) is 4.33. The summed E-state index contributed by atoms with van der Waals surface area (Å²) in [6.07, 6.45) is 0. The molecule has 0 saturated heterocycles. The molecular formula is C11H19O2W-. The van der Waals surface area contributed by atoms with Crippen LogP contribution in [0.3, 0.4) is 0 Å². The van der Waals surface area contributed by atoms with Gasteiger partial charge in [-0.05, 0) is 0 Å². The summed E-state index contributed by atoms with van der Waals surface area (Å²) in [4.78, 5) is 0. The van der Waals surface area contributed by atoms with Crippen LogP contribution in [0.2, 0.25) is 0 Å². The Hall–Kier alpha value is -0.332. The standard InChI is InChI=1S/C8H9O.C2H6.CH4O.W/c1-6-3-4-7(2)8(9)5-6;2*1-2;/h4-5,9H,1-2H3;1-2H3;2H,1H3;/q-1;;;. The fourth-order valence-corrected chi connectivity index (χ4v) is 0.657. The van der Waals surface area contributed by atoms with E-state index in [-0.39, 0.29) is 21.1 Å². The average Bonchev–Trinajstić information content (AvgIpc) is 2.18. The number of phenols is 1. The third kappa shape index (κ3) is 8.27. The number of hydrogen-bond donors (Lipinski definition) is 2. The van der Waals surface area contributed by atoms with E-state index in [9.17, 15) is 0 Å². The Balaban J connectivity index is -0.000000216. The molecule has 0 unspecified atom stereocenters. The fourth-order valence-electron chi connectivity index (χ4n) is 0.657. The Morgan fingerprint density at radius 3 is 1.86 bits per heavy atom. The summed E-state index contributed by atoms with van der Waals surface area (Å²) in [5.41, 5.74) is 1.85. The first-order valence-electron chi connectivity index (χ1n) is 4.33. The summed E-state index contributed by atoms with van der Waals surface area (Å²) in [5.74, 6) is 0.353. The monoisotopic (exact) mass is 367 g/mol. The molecule has 0 radical (unpaired) electrons. The van der Waals surface area contributed by atoms with Crippen molar-refractivity contribution in [1.29, 1.82) is 0 Å². The van der Waals surface area contributed by atoms with E-state index < -0.39 is 0 Å². The fraction of sp³-hybridized carbons (Fsp3) is 0.455. The minimum Gasteiger partial charge on any atom is -0.533 e. The van der Waals surface area contributed by atoms with Crippen molar-refractivity contribution in [3.8, 4) is 5.75 Å². The second-order valence-corrected chi connectivity index (χ2v) is 2.18. The van der Waals surface area contributed by atoms with E-state index in [1.807, 2.05) is 27.7 Å². The van der Waals surface area contributed by atoms with Crippen molar-refractivity contribution in [3.63, 3.8) is 0 Å². The minimum atomic E-state index is 0. The molecule has 0 aliphatic heterocycles. The van der Waals surface area contributed by atoms with Crippen LogP contribution in [0, 0.1) is 19.9 Å². The van der Waals surface area contributed by atoms with Gasteiger partial charge in [-0.1, -0.05) is 27.7 Å². The van der Waals surface area contributed by atoms with Gasteiger partial charge < -0.3 is 10.2 Å². The largest absolute Gasteiger partial charge is 0.533 e. The third-order valence-corrected chi connectivity index (χ3v) is 1.27. The second-order valence-electron chi connectivity index (χ2n) is 2.18. The SMILES string of the molecule is CC.CO.Cc1[c-]cc(C)c(O)c1.[W]. The van der Waals surface area contributed by atoms with E-state index in [1.165, 1.54) is 0 Å². The molecule has 1 rings (SSSR count). The Labute approximate surface area is 101 Å². The van der Waals surface area contributed by atoms with E-state index in [2.05, 4.69) is 6.07 Å². The first kappa shape index (κ1) is 19.3. The van der Waals surface area contributed by atoms with Gasteiger partial charge in [0.1, 0.15) is 0 Å². The number of benzene rings is 1. The minimum absolute atomic E-state index is 0. The molecule has 0 amide bonds. The zero-order valence-corrected chi connectivity index (χ0v) is 12.4. The van der Waals surface area contributed by atoms with Crippen molar-refractivity contribution in [3.05, 3.63) is 29.3 Å². The van der Waals surface area contributed by atoms with Crippen LogP contribution >= 0.6 is 0 Å². The van der Waals surface area contributed by atoms with Gasteiger partial charge in [-0.25, -0.2) is 0 Å². The van der Waals surface area contributed by atoms with Crippen molar-refractivity contribution in [1.82, 2.24) is 0 Å². The number of aliphatic hydroxyl groups excluding tert-OH is 1. The van der Waals surface area contributed by atoms with Crippen molar-refractivity contribution in [2.75, 3.05) is 7.11 Å². The van der Waals surface area contributed by atoms with Crippen molar-refractivity contribution < 1.29 is 31.3 Å². The predicted octanol–water partition coefficient (Wildman–Crippen LogP) is 2.44. The van der Waals surface area contributed by atoms with E-state index in [0.717, 1.165) is 18.2 Å². The summed E-state index contributed by atoms with van der Waals surface area (Å²) in [5, 5.41) is 16.1. The molecule has 1 aromatic carbocycles. The van der Waals surface area contributed by atoms with Crippen LogP contribution in [0.25, 0.3) is 0 Å². The quantitative estimate of drug-likeness (QED) is 0.692. The number of aliphatic hydroxyl groups is 1. The van der Waals surface area contributed by atoms with Gasteiger partial charge in [0.25, 0.3) is 0 Å². The molecule has 0 heterocycles. The van der Waals surface area contributed by atoms with Crippen LogP contribution in [-0.4, -0.2) is 17.3 Å². The summed E-state index contributed by atoms with van der Waals surface area (Å²) >= 11 is 0. The molecular weight excluding hydrogens is 348 g/mol. The molecule has 82 valence electrons. The van der Waals surface area contributed by atoms with Crippen molar-refractivity contribution >= 4 is 0 Å². The number of rotatable bonds is 0. The van der Waals surface area contributed by atoms with E-state index >= 15 is 0 Å². The number of phenolic OH excluding ortho intramolecular Hbond substituents is 1. The first-order chi connectivity index (χ1) is 6.20. The molecule has 14 heavy (non-hydrogen) atoms. The molecule has 0 spiro atoms. The van der Waals surface area contributed by atoms with E-state index in [1.54, 1.807) is 12.1 Å². The van der Waals surface area contributed by atoms with Gasteiger partial charge in [0.15, 0.2) is 0 Å². The molecule has 2 nitrogen and oxygen atoms in total. The Bertz CT molecular complexity index is 225. The topological polar surface area (TPSA) is 40.5 Å². The Morgan fingerprint density at radius 1 is 1.14 bits per heavy atom. The Morgan fingerprint density at radius 2 is 1.57 bits per heavy atom. The predicted molar refractivity (Wildman–Crippen MR) is 55.9 cm³/mol. The van der Waals surface area contributed by atoms with Gasteiger partial charge in [0.2, 0.25) is 0 Å². The van der Waals surface area contributed by atoms with E-state index in [4.69, 9.17) is 10.2 Å². The van der Waals surface area contributed by atoms with E-state index in [0.29, 0.717) is 5.75 Å². The van der Waals surface area contributed by atoms with Crippen LogP contribution in [0.1, 0.15) is 25.0 Å². The van der Waals surface area contributed by atoms with Gasteiger partial charge in [-0.2, -0.15) is 17.7 Å². The van der Waals surface area contributed by atoms with Gasteiger partial charge in [-0.15, -0.1) is 11.6 Å². The average molecular weight is 367 g/mol. The van der Waals surface area contributed by atoms with Gasteiger partial charge in [0.05, 0.1) is 0 Å². The third-order valence-electron chi connectivity index (χ3n) is 1.27. The summed E-state index contributed by atoms with van der Waals surface area (Å²) in [6.45, 7) is 7.75. The molecule has 1 aromatic rings. The molecule has 0 aliphatic rings. The van der Waals surface area contributed by atoms with Crippen LogP contribution in [0.5, 0.6) is 5.75 Å². The molecule has 0 saturated carbocycles. The summed E-state index contributed by atoms with van der Waals surface area (Å²) in [7, 11) is 1.00. The van der Waals surface area contributed by atoms with Crippen LogP contribution in [-0.2, 0) is 21.1 Å². The molecule has 3 heteroatoms. The van der Waals surface area contributed by atoms with Crippen LogP contribution in [0.15, 0.2) is 12.1 Å². The van der Waals surface area contributed by atoms with Crippen LogP contribution in [0.4, 0.5) is 0 Å². The number of hydrogen-bond acceptors (Lipinski definition) is 2.